The number of aryl methyl sites for hydroxylation is 1. The van der Waals surface area contributed by atoms with Gasteiger partial charge in [0.25, 0.3) is 0 Å². The van der Waals surface area contributed by atoms with Crippen LogP contribution in [0.15, 0.2) is 30.2 Å². The highest BCUT2D eigenvalue weighted by Gasteiger charge is 2.44. The van der Waals surface area contributed by atoms with Crippen LogP contribution in [0.1, 0.15) is 18.7 Å². The minimum Gasteiger partial charge on any atom is -0.479 e. The monoisotopic (exact) mass is 343 g/mol. The maximum absolute atomic E-state index is 12.1. The fourth-order valence-electron chi connectivity index (χ4n) is 3.51. The molecular formula is C16H17N5O2S. The van der Waals surface area contributed by atoms with Crippen LogP contribution in [0.4, 0.5) is 5.82 Å². The molecule has 1 saturated heterocycles. The van der Waals surface area contributed by atoms with Crippen molar-refractivity contribution in [3.8, 4) is 0 Å². The number of fused-ring (bicyclic) bond motifs is 1. The van der Waals surface area contributed by atoms with E-state index >= 15 is 0 Å². The molecule has 8 heteroatoms. The van der Waals surface area contributed by atoms with Crippen molar-refractivity contribution in [1.82, 2.24) is 19.5 Å². The smallest absolute Gasteiger partial charge is 0.330 e. The van der Waals surface area contributed by atoms with Crippen molar-refractivity contribution in [2.24, 2.45) is 0 Å². The lowest BCUT2D eigenvalue weighted by molar-refractivity contribution is -0.149. The first-order valence-electron chi connectivity index (χ1n) is 7.79. The number of imidazole rings is 1. The van der Waals surface area contributed by atoms with E-state index in [1.54, 1.807) is 34.6 Å². The van der Waals surface area contributed by atoms with Crippen molar-refractivity contribution in [2.75, 3.05) is 18.0 Å². The lowest BCUT2D eigenvalue weighted by Gasteiger charge is -2.40. The van der Waals surface area contributed by atoms with Crippen molar-refractivity contribution in [3.63, 3.8) is 0 Å². The number of nitrogens with zero attached hydrogens (tertiary/aromatic N) is 5. The van der Waals surface area contributed by atoms with E-state index in [1.807, 2.05) is 18.4 Å². The molecule has 0 aliphatic carbocycles. The molecule has 0 amide bonds. The second kappa shape index (κ2) is 5.55. The summed E-state index contributed by atoms with van der Waals surface area (Å²) in [5, 5.41) is 12.9. The Kier molecular flexibility index (Phi) is 3.49. The number of aromatic nitrogens is 4. The van der Waals surface area contributed by atoms with Crippen LogP contribution in [0, 0.1) is 6.92 Å². The summed E-state index contributed by atoms with van der Waals surface area (Å²) < 4.78 is 1.80. The van der Waals surface area contributed by atoms with Gasteiger partial charge in [-0.05, 0) is 31.2 Å². The molecule has 4 heterocycles. The molecule has 3 aromatic heterocycles. The minimum absolute atomic E-state index is 0.509. The number of thiophene rings is 1. The number of hydrogen-bond acceptors (Lipinski definition) is 6. The van der Waals surface area contributed by atoms with E-state index in [0.29, 0.717) is 25.9 Å². The van der Waals surface area contributed by atoms with Gasteiger partial charge in [0, 0.05) is 25.5 Å². The highest BCUT2D eigenvalue weighted by molar-refractivity contribution is 7.16. The van der Waals surface area contributed by atoms with Gasteiger partial charge in [-0.1, -0.05) is 0 Å². The van der Waals surface area contributed by atoms with E-state index in [1.165, 1.54) is 0 Å². The van der Waals surface area contributed by atoms with Crippen LogP contribution in [-0.4, -0.2) is 43.7 Å². The van der Waals surface area contributed by atoms with Crippen LogP contribution in [0.3, 0.4) is 0 Å². The molecule has 1 aliphatic heterocycles. The van der Waals surface area contributed by atoms with E-state index in [2.05, 4.69) is 19.9 Å². The summed E-state index contributed by atoms with van der Waals surface area (Å²) in [6, 6.07) is 2.02. The average Bonchev–Trinajstić information content (AvgIpc) is 3.23. The Labute approximate surface area is 142 Å². The first-order chi connectivity index (χ1) is 11.6. The van der Waals surface area contributed by atoms with Gasteiger partial charge in [-0.25, -0.2) is 19.7 Å². The third-order valence-electron chi connectivity index (χ3n) is 4.82. The number of carbonyl (C=O) groups is 1. The summed E-state index contributed by atoms with van der Waals surface area (Å²) in [4.78, 5) is 28.1. The van der Waals surface area contributed by atoms with Gasteiger partial charge >= 0.3 is 5.97 Å². The van der Waals surface area contributed by atoms with E-state index < -0.39 is 11.5 Å². The summed E-state index contributed by atoms with van der Waals surface area (Å²) in [6.45, 7) is 3.11. The predicted molar refractivity (Wildman–Crippen MR) is 91.4 cm³/mol. The number of carboxylic acids is 1. The lowest BCUT2D eigenvalue weighted by atomic mass is 9.87. The molecule has 124 valence electrons. The summed E-state index contributed by atoms with van der Waals surface area (Å²) >= 11 is 1.59. The van der Waals surface area contributed by atoms with E-state index in [-0.39, 0.29) is 0 Å². The van der Waals surface area contributed by atoms with Crippen molar-refractivity contribution in [1.29, 1.82) is 0 Å². The maximum Gasteiger partial charge on any atom is 0.330 e. The standard InChI is InChI=1S/C16H17N5O2S/c1-11-17-5-8-21(11)16(15(22)23)3-6-20(7-4-16)13-12-2-9-24-14(12)19-10-18-13/h2,5,8-10H,3-4,6-7H2,1H3,(H,22,23). The van der Waals surface area contributed by atoms with Gasteiger partial charge < -0.3 is 14.6 Å². The molecule has 0 saturated carbocycles. The van der Waals surface area contributed by atoms with Crippen molar-refractivity contribution >= 4 is 33.3 Å². The Morgan fingerprint density at radius 2 is 2.08 bits per heavy atom. The zero-order chi connectivity index (χ0) is 16.7. The van der Waals surface area contributed by atoms with Gasteiger partial charge in [-0.2, -0.15) is 0 Å². The van der Waals surface area contributed by atoms with Gasteiger partial charge in [-0.15, -0.1) is 11.3 Å². The second-order valence-electron chi connectivity index (χ2n) is 6.00. The molecule has 7 nitrogen and oxygen atoms in total. The molecule has 0 unspecified atom stereocenters. The van der Waals surface area contributed by atoms with Crippen LogP contribution in [-0.2, 0) is 10.3 Å². The van der Waals surface area contributed by atoms with Crippen LogP contribution >= 0.6 is 11.3 Å². The molecule has 0 aromatic carbocycles. The molecular weight excluding hydrogens is 326 g/mol. The van der Waals surface area contributed by atoms with Crippen LogP contribution < -0.4 is 4.90 Å². The minimum atomic E-state index is -0.933. The Bertz CT molecular complexity index is 895. The van der Waals surface area contributed by atoms with Gasteiger partial charge in [0.1, 0.15) is 28.3 Å². The SMILES string of the molecule is Cc1nccn1C1(C(=O)O)CCN(c2ncnc3sccc23)CC1. The third-order valence-corrected chi connectivity index (χ3v) is 5.64. The highest BCUT2D eigenvalue weighted by atomic mass is 32.1. The molecule has 24 heavy (non-hydrogen) atoms. The van der Waals surface area contributed by atoms with Crippen molar-refractivity contribution in [2.45, 2.75) is 25.3 Å². The molecule has 1 fully saturated rings. The Balaban J connectivity index is 1.65. The van der Waals surface area contributed by atoms with E-state index in [9.17, 15) is 9.90 Å². The quantitative estimate of drug-likeness (QED) is 0.785. The number of anilines is 1. The Hall–Kier alpha value is -2.48. The zero-order valence-corrected chi connectivity index (χ0v) is 14.0. The van der Waals surface area contributed by atoms with E-state index in [0.717, 1.165) is 21.9 Å². The van der Waals surface area contributed by atoms with Crippen LogP contribution in [0.25, 0.3) is 10.2 Å². The fraction of sp³-hybridized carbons (Fsp3) is 0.375. The first kappa shape index (κ1) is 15.1. The normalized spacial score (nSPS) is 17.3. The molecule has 1 N–H and O–H groups in total. The summed E-state index contributed by atoms with van der Waals surface area (Å²) in [5.41, 5.74) is -0.933. The third kappa shape index (κ3) is 2.17. The molecule has 0 atom stereocenters. The van der Waals surface area contributed by atoms with Crippen LogP contribution in [0.5, 0.6) is 0 Å². The van der Waals surface area contributed by atoms with Gasteiger partial charge in [0.15, 0.2) is 0 Å². The number of hydrogen-bond donors (Lipinski definition) is 1. The highest BCUT2D eigenvalue weighted by Crippen LogP contribution is 2.35. The summed E-state index contributed by atoms with van der Waals surface area (Å²) in [7, 11) is 0. The molecule has 0 bridgehead atoms. The average molecular weight is 343 g/mol. The maximum atomic E-state index is 12.1. The van der Waals surface area contributed by atoms with Crippen LogP contribution in [0.2, 0.25) is 0 Å². The van der Waals surface area contributed by atoms with Gasteiger partial charge in [0.2, 0.25) is 0 Å². The molecule has 3 aromatic rings. The molecule has 1 aliphatic rings. The number of aliphatic carboxylic acids is 1. The van der Waals surface area contributed by atoms with Crippen molar-refractivity contribution < 1.29 is 9.90 Å². The number of carboxylic acid groups (broad SMARTS) is 1. The molecule has 4 rings (SSSR count). The Morgan fingerprint density at radius 1 is 1.29 bits per heavy atom. The second-order valence-corrected chi connectivity index (χ2v) is 6.90. The predicted octanol–water partition coefficient (Wildman–Crippen LogP) is 2.28. The molecule has 0 radical (unpaired) electrons. The largest absolute Gasteiger partial charge is 0.479 e. The van der Waals surface area contributed by atoms with Crippen molar-refractivity contribution in [3.05, 3.63) is 36.0 Å². The summed E-state index contributed by atoms with van der Waals surface area (Å²) in [5.74, 6) is 0.822. The topological polar surface area (TPSA) is 84.1 Å². The molecule has 0 spiro atoms. The van der Waals surface area contributed by atoms with Gasteiger partial charge in [-0.3, -0.25) is 0 Å². The fourth-order valence-corrected chi connectivity index (χ4v) is 4.23. The first-order valence-corrected chi connectivity index (χ1v) is 8.67. The van der Waals surface area contributed by atoms with E-state index in [4.69, 9.17) is 0 Å². The number of rotatable bonds is 3. The Morgan fingerprint density at radius 3 is 2.75 bits per heavy atom. The lowest BCUT2D eigenvalue weighted by Crippen LogP contribution is -2.51. The zero-order valence-electron chi connectivity index (χ0n) is 13.2. The number of piperidine rings is 1. The summed E-state index contributed by atoms with van der Waals surface area (Å²) in [6.07, 6.45) is 6.02. The van der Waals surface area contributed by atoms with Gasteiger partial charge in [0.05, 0.1) is 5.39 Å².